The van der Waals surface area contributed by atoms with Crippen molar-refractivity contribution in [3.8, 4) is 0 Å². The summed E-state index contributed by atoms with van der Waals surface area (Å²) >= 11 is 5.84. The number of carbonyl (C=O) groups excluding carboxylic acids is 1. The zero-order valence-electron chi connectivity index (χ0n) is 7.92. The molecule has 0 fully saturated rings. The van der Waals surface area contributed by atoms with Gasteiger partial charge in [0.15, 0.2) is 0 Å². The second kappa shape index (κ2) is 4.75. The molecule has 80 valence electrons. The Morgan fingerprint density at radius 1 is 1.67 bits per heavy atom. The molecule has 6 heteroatoms. The number of rotatable bonds is 2. The summed E-state index contributed by atoms with van der Waals surface area (Å²) < 4.78 is 13.2. The average Bonchev–Trinajstić information content (AvgIpc) is 2.17. The number of halogens is 2. The van der Waals surface area contributed by atoms with Gasteiger partial charge in [-0.05, 0) is 18.6 Å². The number of nitrogens with two attached hydrogens (primary N) is 1. The Balaban J connectivity index is 2.98. The molecular formula is C9H9ClFN3O. The lowest BCUT2D eigenvalue weighted by atomic mass is 10.1. The van der Waals surface area contributed by atoms with Gasteiger partial charge in [-0.1, -0.05) is 17.7 Å². The summed E-state index contributed by atoms with van der Waals surface area (Å²) in [7, 11) is 0. The van der Waals surface area contributed by atoms with Crippen LogP contribution in [0.1, 0.15) is 11.1 Å². The smallest absolute Gasteiger partial charge is 0.332 e. The van der Waals surface area contributed by atoms with Gasteiger partial charge in [-0.15, -0.1) is 0 Å². The third-order valence-corrected chi connectivity index (χ3v) is 2.19. The van der Waals surface area contributed by atoms with E-state index < -0.39 is 11.8 Å². The molecule has 0 bridgehead atoms. The molecule has 4 nitrogen and oxygen atoms in total. The van der Waals surface area contributed by atoms with Crippen LogP contribution in [0.4, 0.5) is 9.18 Å². The van der Waals surface area contributed by atoms with Gasteiger partial charge in [0.25, 0.3) is 0 Å². The first-order valence-electron chi connectivity index (χ1n) is 4.05. The van der Waals surface area contributed by atoms with Gasteiger partial charge in [0.1, 0.15) is 5.82 Å². The number of hydrogen-bond donors (Lipinski definition) is 2. The Morgan fingerprint density at radius 2 is 2.33 bits per heavy atom. The number of carbonyl (C=O) groups is 1. The van der Waals surface area contributed by atoms with E-state index in [1.807, 2.05) is 5.43 Å². The first-order chi connectivity index (χ1) is 7.02. The van der Waals surface area contributed by atoms with Crippen molar-refractivity contribution in [1.82, 2.24) is 5.43 Å². The van der Waals surface area contributed by atoms with E-state index in [9.17, 15) is 9.18 Å². The number of hydrazone groups is 1. The maximum Gasteiger partial charge on any atom is 0.332 e. The van der Waals surface area contributed by atoms with Gasteiger partial charge in [0, 0.05) is 5.56 Å². The highest BCUT2D eigenvalue weighted by Gasteiger charge is 2.07. The minimum absolute atomic E-state index is 0.116. The summed E-state index contributed by atoms with van der Waals surface area (Å²) in [6.45, 7) is 1.74. The van der Waals surface area contributed by atoms with Crippen molar-refractivity contribution in [2.45, 2.75) is 6.92 Å². The quantitative estimate of drug-likeness (QED) is 0.589. The van der Waals surface area contributed by atoms with E-state index in [0.29, 0.717) is 0 Å². The number of amides is 2. The summed E-state index contributed by atoms with van der Waals surface area (Å²) in [4.78, 5) is 10.3. The Labute approximate surface area is 90.9 Å². The number of nitrogens with one attached hydrogen (secondary N) is 1. The lowest BCUT2D eigenvalue weighted by molar-refractivity contribution is 0.249. The lowest BCUT2D eigenvalue weighted by Crippen LogP contribution is -2.24. The highest BCUT2D eigenvalue weighted by Crippen LogP contribution is 2.21. The van der Waals surface area contributed by atoms with Gasteiger partial charge in [-0.25, -0.2) is 14.6 Å². The summed E-state index contributed by atoms with van der Waals surface area (Å²) in [6.07, 6.45) is 1.11. The van der Waals surface area contributed by atoms with Crippen LogP contribution in [0.3, 0.4) is 0 Å². The molecular weight excluding hydrogens is 221 g/mol. The molecule has 0 saturated heterocycles. The number of aryl methyl sites for hydroxylation is 1. The van der Waals surface area contributed by atoms with Crippen LogP contribution in [0, 0.1) is 12.7 Å². The molecule has 15 heavy (non-hydrogen) atoms. The van der Waals surface area contributed by atoms with E-state index in [0.717, 1.165) is 11.8 Å². The molecule has 1 aromatic rings. The molecule has 0 aromatic heterocycles. The van der Waals surface area contributed by atoms with Crippen molar-refractivity contribution < 1.29 is 9.18 Å². The number of benzene rings is 1. The van der Waals surface area contributed by atoms with Gasteiger partial charge >= 0.3 is 6.03 Å². The molecule has 0 aliphatic rings. The van der Waals surface area contributed by atoms with Gasteiger partial charge in [0.2, 0.25) is 0 Å². The van der Waals surface area contributed by atoms with E-state index in [4.69, 9.17) is 17.3 Å². The van der Waals surface area contributed by atoms with E-state index in [2.05, 4.69) is 5.10 Å². The topological polar surface area (TPSA) is 67.5 Å². The summed E-state index contributed by atoms with van der Waals surface area (Å²) in [5.41, 5.74) is 7.56. The van der Waals surface area contributed by atoms with Gasteiger partial charge < -0.3 is 5.73 Å². The number of hydrogen-bond acceptors (Lipinski definition) is 2. The van der Waals surface area contributed by atoms with Crippen LogP contribution in [-0.4, -0.2) is 12.2 Å². The highest BCUT2D eigenvalue weighted by atomic mass is 35.5. The SMILES string of the molecule is Cc1ccc(F)c(C=NNC(N)=O)c1Cl. The number of primary amides is 1. The van der Waals surface area contributed by atoms with Crippen LogP contribution >= 0.6 is 11.6 Å². The van der Waals surface area contributed by atoms with Crippen molar-refractivity contribution in [3.05, 3.63) is 34.1 Å². The van der Waals surface area contributed by atoms with Crippen LogP contribution in [-0.2, 0) is 0 Å². The minimum atomic E-state index is -0.824. The molecule has 2 amide bonds. The molecule has 0 radical (unpaired) electrons. The van der Waals surface area contributed by atoms with Crippen LogP contribution in [0.5, 0.6) is 0 Å². The molecule has 0 heterocycles. The molecule has 0 aliphatic carbocycles. The van der Waals surface area contributed by atoms with Crippen molar-refractivity contribution in [1.29, 1.82) is 0 Å². The third-order valence-electron chi connectivity index (χ3n) is 1.69. The monoisotopic (exact) mass is 229 g/mol. The highest BCUT2D eigenvalue weighted by molar-refractivity contribution is 6.33. The van der Waals surface area contributed by atoms with Gasteiger partial charge in [-0.3, -0.25) is 0 Å². The lowest BCUT2D eigenvalue weighted by Gasteiger charge is -2.02. The van der Waals surface area contributed by atoms with E-state index in [-0.39, 0.29) is 10.6 Å². The molecule has 3 N–H and O–H groups in total. The van der Waals surface area contributed by atoms with Crippen LogP contribution in [0.2, 0.25) is 5.02 Å². The largest absolute Gasteiger partial charge is 0.350 e. The zero-order chi connectivity index (χ0) is 11.4. The maximum absolute atomic E-state index is 13.2. The predicted molar refractivity (Wildman–Crippen MR) is 56.5 cm³/mol. The molecule has 0 aliphatic heterocycles. The first-order valence-corrected chi connectivity index (χ1v) is 4.43. The fourth-order valence-corrected chi connectivity index (χ4v) is 1.16. The van der Waals surface area contributed by atoms with Crippen molar-refractivity contribution in [3.63, 3.8) is 0 Å². The van der Waals surface area contributed by atoms with E-state index >= 15 is 0 Å². The fourth-order valence-electron chi connectivity index (χ4n) is 0.957. The zero-order valence-corrected chi connectivity index (χ0v) is 8.68. The Bertz CT molecular complexity index is 420. The summed E-state index contributed by atoms with van der Waals surface area (Å²) in [5, 5.41) is 3.68. The van der Waals surface area contributed by atoms with E-state index in [1.165, 1.54) is 6.07 Å². The Morgan fingerprint density at radius 3 is 2.93 bits per heavy atom. The van der Waals surface area contributed by atoms with Crippen molar-refractivity contribution in [2.24, 2.45) is 10.8 Å². The first kappa shape index (κ1) is 11.5. The Hall–Kier alpha value is -1.62. The van der Waals surface area contributed by atoms with E-state index in [1.54, 1.807) is 13.0 Å². The standard InChI is InChI=1S/C9H9ClFN3O/c1-5-2-3-7(11)6(8(5)10)4-13-14-9(12)15/h2-4H,1H3,(H3,12,14,15). The summed E-state index contributed by atoms with van der Waals surface area (Å²) in [6, 6.07) is 2.00. The minimum Gasteiger partial charge on any atom is -0.350 e. The molecule has 0 atom stereocenters. The predicted octanol–water partition coefficient (Wildman–Crippen LogP) is 1.79. The average molecular weight is 230 g/mol. The molecule has 0 spiro atoms. The van der Waals surface area contributed by atoms with Crippen LogP contribution < -0.4 is 11.2 Å². The third kappa shape index (κ3) is 2.92. The normalized spacial score (nSPS) is 10.6. The number of nitrogens with zero attached hydrogens (tertiary/aromatic N) is 1. The molecule has 1 rings (SSSR count). The summed E-state index contributed by atoms with van der Waals surface area (Å²) in [5.74, 6) is -0.513. The number of urea groups is 1. The Kier molecular flexibility index (Phi) is 3.62. The fraction of sp³-hybridized carbons (Fsp3) is 0.111. The second-order valence-corrected chi connectivity index (χ2v) is 3.20. The van der Waals surface area contributed by atoms with Crippen LogP contribution in [0.15, 0.2) is 17.2 Å². The van der Waals surface area contributed by atoms with Gasteiger partial charge in [0.05, 0.1) is 11.2 Å². The molecule has 0 saturated carbocycles. The van der Waals surface area contributed by atoms with Crippen molar-refractivity contribution in [2.75, 3.05) is 0 Å². The maximum atomic E-state index is 13.2. The molecule has 1 aromatic carbocycles. The second-order valence-electron chi connectivity index (χ2n) is 2.83. The molecule has 0 unspecified atom stereocenters. The van der Waals surface area contributed by atoms with Crippen LogP contribution in [0.25, 0.3) is 0 Å². The van der Waals surface area contributed by atoms with Gasteiger partial charge in [-0.2, -0.15) is 5.10 Å². The van der Waals surface area contributed by atoms with Crippen molar-refractivity contribution >= 4 is 23.8 Å².